The fraction of sp³-hybridized carbons (Fsp3) is 0.889. The maximum absolute atomic E-state index is 11.9. The van der Waals surface area contributed by atoms with E-state index in [0.29, 0.717) is 12.8 Å². The second-order valence-electron chi connectivity index (χ2n) is 6.51. The van der Waals surface area contributed by atoms with Gasteiger partial charge in [-0.1, -0.05) is 58.3 Å². The molecule has 1 heterocycles. The quantitative estimate of drug-likeness (QED) is 0.554. The molecule has 4 heteroatoms. The zero-order valence-corrected chi connectivity index (χ0v) is 14.5. The maximum atomic E-state index is 11.9. The summed E-state index contributed by atoms with van der Waals surface area (Å²) in [5.41, 5.74) is 0. The first-order valence-corrected chi connectivity index (χ1v) is 9.24. The molecule has 1 fully saturated rings. The van der Waals surface area contributed by atoms with E-state index in [2.05, 4.69) is 12.2 Å². The lowest BCUT2D eigenvalue weighted by molar-refractivity contribution is -0.131. The Morgan fingerprint density at radius 2 is 1.68 bits per heavy atom. The van der Waals surface area contributed by atoms with E-state index in [1.165, 1.54) is 44.9 Å². The van der Waals surface area contributed by atoms with Gasteiger partial charge in [0.05, 0.1) is 0 Å². The third-order valence-corrected chi connectivity index (χ3v) is 4.45. The Morgan fingerprint density at radius 3 is 2.23 bits per heavy atom. The van der Waals surface area contributed by atoms with Gasteiger partial charge in [0.15, 0.2) is 0 Å². The molecule has 1 N–H and O–H groups in total. The first-order valence-electron chi connectivity index (χ1n) is 9.24. The predicted octanol–water partition coefficient (Wildman–Crippen LogP) is 3.99. The summed E-state index contributed by atoms with van der Waals surface area (Å²) in [6.07, 6.45) is 13.3. The molecule has 1 saturated heterocycles. The van der Waals surface area contributed by atoms with Crippen molar-refractivity contribution in [2.75, 3.05) is 6.54 Å². The summed E-state index contributed by atoms with van der Waals surface area (Å²) in [6, 6.07) is 0. The van der Waals surface area contributed by atoms with Crippen LogP contribution in [0.5, 0.6) is 0 Å². The van der Waals surface area contributed by atoms with Crippen LogP contribution in [0, 0.1) is 0 Å². The topological polar surface area (TPSA) is 49.4 Å². The lowest BCUT2D eigenvalue weighted by atomic mass is 10.1. The van der Waals surface area contributed by atoms with Gasteiger partial charge in [-0.25, -0.2) is 0 Å². The van der Waals surface area contributed by atoms with Crippen LogP contribution in [0.25, 0.3) is 0 Å². The van der Waals surface area contributed by atoms with Crippen LogP contribution >= 0.6 is 0 Å². The third-order valence-electron chi connectivity index (χ3n) is 4.45. The molecule has 4 nitrogen and oxygen atoms in total. The first-order chi connectivity index (χ1) is 10.6. The van der Waals surface area contributed by atoms with Crippen molar-refractivity contribution < 1.29 is 9.59 Å². The number of nitrogens with zero attached hydrogens (tertiary/aromatic N) is 1. The Hall–Kier alpha value is -1.06. The minimum Gasteiger partial charge on any atom is -0.336 e. The van der Waals surface area contributed by atoms with Crippen LogP contribution in [0.4, 0.5) is 0 Å². The molecule has 22 heavy (non-hydrogen) atoms. The Kier molecular flexibility index (Phi) is 9.93. The molecule has 0 aliphatic carbocycles. The molecule has 128 valence electrons. The summed E-state index contributed by atoms with van der Waals surface area (Å²) in [5, 5.41) is 2.94. The second kappa shape index (κ2) is 11.5. The van der Waals surface area contributed by atoms with Gasteiger partial charge >= 0.3 is 0 Å². The number of nitrogens with one attached hydrogen (secondary N) is 1. The highest BCUT2D eigenvalue weighted by Gasteiger charge is 2.25. The monoisotopic (exact) mass is 310 g/mol. The molecule has 0 saturated carbocycles. The fourth-order valence-electron chi connectivity index (χ4n) is 3.06. The number of carbonyl (C=O) groups excluding carboxylic acids is 2. The fourth-order valence-corrected chi connectivity index (χ4v) is 3.06. The molecular formula is C18H34N2O2. The van der Waals surface area contributed by atoms with Gasteiger partial charge in [-0.15, -0.1) is 0 Å². The van der Waals surface area contributed by atoms with E-state index < -0.39 is 0 Å². The Labute approximate surface area is 136 Å². The van der Waals surface area contributed by atoms with Gasteiger partial charge in [-0.3, -0.25) is 9.59 Å². The van der Waals surface area contributed by atoms with Crippen molar-refractivity contribution in [1.82, 2.24) is 10.2 Å². The summed E-state index contributed by atoms with van der Waals surface area (Å²) >= 11 is 0. The predicted molar refractivity (Wildman–Crippen MR) is 90.4 cm³/mol. The van der Waals surface area contributed by atoms with Gasteiger partial charge in [0.1, 0.15) is 6.17 Å². The number of hydrogen-bond donors (Lipinski definition) is 1. The van der Waals surface area contributed by atoms with Crippen molar-refractivity contribution in [1.29, 1.82) is 0 Å². The lowest BCUT2D eigenvalue weighted by Gasteiger charge is -2.25. The Morgan fingerprint density at radius 1 is 1.09 bits per heavy atom. The van der Waals surface area contributed by atoms with Crippen LogP contribution in [-0.4, -0.2) is 29.4 Å². The number of rotatable bonds is 12. The van der Waals surface area contributed by atoms with Crippen molar-refractivity contribution >= 4 is 11.8 Å². The van der Waals surface area contributed by atoms with Crippen molar-refractivity contribution in [3.63, 3.8) is 0 Å². The molecule has 1 atom stereocenters. The van der Waals surface area contributed by atoms with E-state index in [1.54, 1.807) is 4.90 Å². The highest BCUT2D eigenvalue weighted by Crippen LogP contribution is 2.13. The van der Waals surface area contributed by atoms with Crippen LogP contribution in [0.1, 0.15) is 90.9 Å². The Balaban J connectivity index is 1.96. The number of likely N-dealkylation sites (tertiary alicyclic amines) is 1. The summed E-state index contributed by atoms with van der Waals surface area (Å²) in [6.45, 7) is 4.92. The minimum absolute atomic E-state index is 0.0788. The molecule has 2 amide bonds. The molecule has 0 aromatic heterocycles. The number of amides is 2. The van der Waals surface area contributed by atoms with E-state index in [9.17, 15) is 9.59 Å². The molecular weight excluding hydrogens is 276 g/mol. The molecule has 0 aromatic rings. The smallest absolute Gasteiger partial charge is 0.224 e. The van der Waals surface area contributed by atoms with Crippen molar-refractivity contribution in [2.24, 2.45) is 0 Å². The standard InChI is InChI=1S/C18H34N2O2/c1-3-4-5-6-7-8-9-10-11-13-17(21)19-16(2)20-15-12-14-18(20)22/h16H,3-15H2,1-2H3,(H,19,21). The molecule has 1 rings (SSSR count). The molecule has 1 unspecified atom stereocenters. The average Bonchev–Trinajstić information content (AvgIpc) is 2.91. The summed E-state index contributed by atoms with van der Waals surface area (Å²) in [7, 11) is 0. The van der Waals surface area contributed by atoms with E-state index in [-0.39, 0.29) is 18.0 Å². The molecule has 0 radical (unpaired) electrons. The third kappa shape index (κ3) is 7.81. The minimum atomic E-state index is -0.152. The van der Waals surface area contributed by atoms with Crippen LogP contribution in [-0.2, 0) is 9.59 Å². The van der Waals surface area contributed by atoms with E-state index >= 15 is 0 Å². The zero-order valence-electron chi connectivity index (χ0n) is 14.5. The molecule has 0 bridgehead atoms. The van der Waals surface area contributed by atoms with Gasteiger partial charge in [0.2, 0.25) is 11.8 Å². The largest absolute Gasteiger partial charge is 0.336 e. The van der Waals surface area contributed by atoms with E-state index in [4.69, 9.17) is 0 Å². The van der Waals surface area contributed by atoms with E-state index in [0.717, 1.165) is 25.8 Å². The summed E-state index contributed by atoms with van der Waals surface area (Å²) < 4.78 is 0. The maximum Gasteiger partial charge on any atom is 0.224 e. The molecule has 1 aliphatic heterocycles. The highest BCUT2D eigenvalue weighted by atomic mass is 16.2. The van der Waals surface area contributed by atoms with Gasteiger partial charge in [0.25, 0.3) is 0 Å². The Bertz CT molecular complexity index is 331. The summed E-state index contributed by atoms with van der Waals surface area (Å²) in [5.74, 6) is 0.242. The van der Waals surface area contributed by atoms with Crippen molar-refractivity contribution in [3.05, 3.63) is 0 Å². The highest BCUT2D eigenvalue weighted by molar-refractivity contribution is 5.80. The average molecular weight is 310 g/mol. The first kappa shape index (κ1) is 19.0. The van der Waals surface area contributed by atoms with Gasteiger partial charge in [-0.2, -0.15) is 0 Å². The van der Waals surface area contributed by atoms with Crippen LogP contribution in [0.3, 0.4) is 0 Å². The number of hydrogen-bond acceptors (Lipinski definition) is 2. The molecule has 0 spiro atoms. The van der Waals surface area contributed by atoms with Gasteiger partial charge in [-0.05, 0) is 19.8 Å². The van der Waals surface area contributed by atoms with Gasteiger partial charge in [0, 0.05) is 19.4 Å². The SMILES string of the molecule is CCCCCCCCCCCC(=O)NC(C)N1CCCC1=O. The normalized spacial score (nSPS) is 16.1. The lowest BCUT2D eigenvalue weighted by Crippen LogP contribution is -2.46. The van der Waals surface area contributed by atoms with Crippen molar-refractivity contribution in [3.8, 4) is 0 Å². The number of carbonyl (C=O) groups is 2. The van der Waals surface area contributed by atoms with E-state index in [1.807, 2.05) is 6.92 Å². The van der Waals surface area contributed by atoms with Crippen LogP contribution < -0.4 is 5.32 Å². The number of unbranched alkanes of at least 4 members (excludes halogenated alkanes) is 8. The van der Waals surface area contributed by atoms with Crippen molar-refractivity contribution in [2.45, 2.75) is 97.1 Å². The van der Waals surface area contributed by atoms with Crippen LogP contribution in [0.15, 0.2) is 0 Å². The molecule has 0 aromatic carbocycles. The summed E-state index contributed by atoms with van der Waals surface area (Å²) in [4.78, 5) is 25.2. The van der Waals surface area contributed by atoms with Gasteiger partial charge < -0.3 is 10.2 Å². The molecule has 1 aliphatic rings. The zero-order chi connectivity index (χ0) is 16.2. The second-order valence-corrected chi connectivity index (χ2v) is 6.51. The van der Waals surface area contributed by atoms with Crippen LogP contribution in [0.2, 0.25) is 0 Å².